The topological polar surface area (TPSA) is 65.1 Å². The predicted molar refractivity (Wildman–Crippen MR) is 119 cm³/mol. The molecule has 0 spiro atoms. The van der Waals surface area contributed by atoms with Crippen LogP contribution in [-0.4, -0.2) is 24.4 Å². The van der Waals surface area contributed by atoms with E-state index >= 15 is 0 Å². The summed E-state index contributed by atoms with van der Waals surface area (Å²) >= 11 is 0. The molecular formula is C24H27N5O. The Morgan fingerprint density at radius 2 is 1.87 bits per heavy atom. The van der Waals surface area contributed by atoms with Crippen LogP contribution in [0.25, 0.3) is 27.8 Å². The molecule has 0 N–H and O–H groups in total. The Hall–Kier alpha value is -3.02. The van der Waals surface area contributed by atoms with Crippen molar-refractivity contribution in [3.8, 4) is 11.1 Å². The van der Waals surface area contributed by atoms with Crippen molar-refractivity contribution in [1.82, 2.24) is 24.4 Å². The number of aryl methyl sites for hydroxylation is 1. The number of hydrogen-bond acceptors (Lipinski definition) is 4. The summed E-state index contributed by atoms with van der Waals surface area (Å²) < 4.78 is 3.67. The first-order chi connectivity index (χ1) is 14.6. The maximum absolute atomic E-state index is 13.4. The second-order valence-electron chi connectivity index (χ2n) is 8.57. The number of nitrogens with zero attached hydrogens (tertiary/aromatic N) is 5. The zero-order valence-electron chi connectivity index (χ0n) is 17.7. The van der Waals surface area contributed by atoms with Gasteiger partial charge in [0, 0.05) is 12.2 Å². The van der Waals surface area contributed by atoms with Gasteiger partial charge in [0.25, 0.3) is 5.56 Å². The van der Waals surface area contributed by atoms with Gasteiger partial charge in [-0.2, -0.15) is 5.10 Å². The fraction of sp³-hybridized carbons (Fsp3) is 0.417. The summed E-state index contributed by atoms with van der Waals surface area (Å²) in [5.41, 5.74) is 4.75. The van der Waals surface area contributed by atoms with Crippen LogP contribution in [0, 0.1) is 11.8 Å². The highest BCUT2D eigenvalue weighted by Gasteiger charge is 2.29. The van der Waals surface area contributed by atoms with E-state index in [1.807, 2.05) is 35.0 Å². The van der Waals surface area contributed by atoms with Crippen LogP contribution in [0.1, 0.15) is 51.8 Å². The summed E-state index contributed by atoms with van der Waals surface area (Å²) in [5.74, 6) is 1.08. The standard InChI is InChI=1S/C24H27N5O/c1-4-18-21(17-10-6-5-7-11-17)23-26-25-22-20(29(23)27-18)13-14-28(24(22)30)19-12-8-9-15(2)16(19)3/h5-7,10-11,13-16,19H,4,8-9,12H2,1-3H3/t15-,16+,19+/m0/s1. The molecule has 1 fully saturated rings. The van der Waals surface area contributed by atoms with Gasteiger partial charge in [0.1, 0.15) is 5.52 Å². The van der Waals surface area contributed by atoms with Crippen LogP contribution in [0.5, 0.6) is 0 Å². The first kappa shape index (κ1) is 19.0. The molecule has 0 unspecified atom stereocenters. The van der Waals surface area contributed by atoms with Gasteiger partial charge in [-0.15, -0.1) is 10.2 Å². The lowest BCUT2D eigenvalue weighted by Gasteiger charge is -2.35. The maximum atomic E-state index is 13.4. The molecule has 1 aromatic carbocycles. The number of aromatic nitrogens is 5. The van der Waals surface area contributed by atoms with Gasteiger partial charge in [-0.05, 0) is 36.3 Å². The van der Waals surface area contributed by atoms with Gasteiger partial charge in [-0.1, -0.05) is 63.9 Å². The quantitative estimate of drug-likeness (QED) is 0.501. The molecule has 3 heterocycles. The van der Waals surface area contributed by atoms with E-state index < -0.39 is 0 Å². The van der Waals surface area contributed by atoms with E-state index in [0.717, 1.165) is 41.6 Å². The molecule has 0 bridgehead atoms. The lowest BCUT2D eigenvalue weighted by Crippen LogP contribution is -2.34. The zero-order valence-corrected chi connectivity index (χ0v) is 17.7. The average Bonchev–Trinajstić information content (AvgIpc) is 3.16. The molecule has 3 atom stereocenters. The normalized spacial score (nSPS) is 22.0. The van der Waals surface area contributed by atoms with Crippen molar-refractivity contribution in [2.75, 3.05) is 0 Å². The Morgan fingerprint density at radius 3 is 2.63 bits per heavy atom. The van der Waals surface area contributed by atoms with Crippen LogP contribution in [0.2, 0.25) is 0 Å². The Balaban J connectivity index is 1.71. The van der Waals surface area contributed by atoms with E-state index in [1.165, 1.54) is 6.42 Å². The summed E-state index contributed by atoms with van der Waals surface area (Å²) in [6.07, 6.45) is 6.14. The van der Waals surface area contributed by atoms with Gasteiger partial charge in [0.05, 0.1) is 11.3 Å². The van der Waals surface area contributed by atoms with Crippen molar-refractivity contribution >= 4 is 16.7 Å². The monoisotopic (exact) mass is 401 g/mol. The molecule has 0 saturated heterocycles. The summed E-state index contributed by atoms with van der Waals surface area (Å²) in [7, 11) is 0. The largest absolute Gasteiger partial charge is 0.310 e. The lowest BCUT2D eigenvalue weighted by molar-refractivity contribution is 0.183. The highest BCUT2D eigenvalue weighted by molar-refractivity contribution is 5.84. The SMILES string of the molecule is CCc1nn2c(nnc3c(=O)n([C@@H]4CCC[C@H](C)[C@H]4C)ccc32)c1-c1ccccc1. The molecule has 3 aromatic heterocycles. The fourth-order valence-electron chi connectivity index (χ4n) is 4.96. The Morgan fingerprint density at radius 1 is 1.07 bits per heavy atom. The van der Waals surface area contributed by atoms with Crippen molar-refractivity contribution in [3.63, 3.8) is 0 Å². The Kier molecular flexibility index (Phi) is 4.65. The molecule has 6 heteroatoms. The third-order valence-corrected chi connectivity index (χ3v) is 6.90. The molecule has 0 amide bonds. The van der Waals surface area contributed by atoms with Crippen LogP contribution < -0.4 is 5.56 Å². The Bertz CT molecular complexity index is 1270. The van der Waals surface area contributed by atoms with Crippen LogP contribution in [0.4, 0.5) is 0 Å². The molecule has 1 aliphatic rings. The van der Waals surface area contributed by atoms with Gasteiger partial charge in [-0.25, -0.2) is 4.52 Å². The van der Waals surface area contributed by atoms with E-state index in [0.29, 0.717) is 23.0 Å². The minimum Gasteiger partial charge on any atom is -0.310 e. The van der Waals surface area contributed by atoms with E-state index in [-0.39, 0.29) is 11.6 Å². The summed E-state index contributed by atoms with van der Waals surface area (Å²) in [4.78, 5) is 13.4. The average molecular weight is 402 g/mol. The smallest absolute Gasteiger partial charge is 0.280 e. The maximum Gasteiger partial charge on any atom is 0.280 e. The Labute approximate surface area is 175 Å². The number of pyridine rings is 1. The summed E-state index contributed by atoms with van der Waals surface area (Å²) in [6, 6.07) is 12.3. The molecule has 1 aliphatic carbocycles. The molecular weight excluding hydrogens is 374 g/mol. The van der Waals surface area contributed by atoms with E-state index in [4.69, 9.17) is 5.10 Å². The number of fused-ring (bicyclic) bond motifs is 3. The molecule has 0 radical (unpaired) electrons. The van der Waals surface area contributed by atoms with E-state index in [1.54, 1.807) is 4.52 Å². The third kappa shape index (κ3) is 2.85. The van der Waals surface area contributed by atoms with Crippen LogP contribution >= 0.6 is 0 Å². The van der Waals surface area contributed by atoms with Crippen LogP contribution in [-0.2, 0) is 6.42 Å². The highest BCUT2D eigenvalue weighted by Crippen LogP contribution is 2.37. The number of rotatable bonds is 3. The molecule has 30 heavy (non-hydrogen) atoms. The van der Waals surface area contributed by atoms with Crippen molar-refractivity contribution in [1.29, 1.82) is 0 Å². The van der Waals surface area contributed by atoms with Crippen molar-refractivity contribution in [2.45, 2.75) is 52.5 Å². The van der Waals surface area contributed by atoms with Crippen LogP contribution in [0.15, 0.2) is 47.4 Å². The molecule has 1 saturated carbocycles. The first-order valence-corrected chi connectivity index (χ1v) is 10.9. The minimum absolute atomic E-state index is 0.0670. The summed E-state index contributed by atoms with van der Waals surface area (Å²) in [5, 5.41) is 13.7. The van der Waals surface area contributed by atoms with Gasteiger partial charge < -0.3 is 4.57 Å². The molecule has 0 aliphatic heterocycles. The van der Waals surface area contributed by atoms with Gasteiger partial charge >= 0.3 is 0 Å². The second kappa shape index (κ2) is 7.35. The zero-order chi connectivity index (χ0) is 20.8. The van der Waals surface area contributed by atoms with Crippen molar-refractivity contribution < 1.29 is 0 Å². The summed E-state index contributed by atoms with van der Waals surface area (Å²) in [6.45, 7) is 6.63. The third-order valence-electron chi connectivity index (χ3n) is 6.90. The number of benzene rings is 1. The van der Waals surface area contributed by atoms with Crippen LogP contribution in [0.3, 0.4) is 0 Å². The minimum atomic E-state index is -0.0670. The second-order valence-corrected chi connectivity index (χ2v) is 8.57. The lowest BCUT2D eigenvalue weighted by atomic mass is 9.78. The first-order valence-electron chi connectivity index (χ1n) is 10.9. The van der Waals surface area contributed by atoms with E-state index in [9.17, 15) is 4.79 Å². The molecule has 4 aromatic rings. The molecule has 6 nitrogen and oxygen atoms in total. The van der Waals surface area contributed by atoms with Gasteiger partial charge in [-0.3, -0.25) is 4.79 Å². The van der Waals surface area contributed by atoms with E-state index in [2.05, 4.69) is 43.1 Å². The van der Waals surface area contributed by atoms with Gasteiger partial charge in [0.15, 0.2) is 11.2 Å². The molecule has 154 valence electrons. The highest BCUT2D eigenvalue weighted by atomic mass is 16.1. The predicted octanol–water partition coefficient (Wildman–Crippen LogP) is 4.67. The number of hydrogen-bond donors (Lipinski definition) is 0. The van der Waals surface area contributed by atoms with Crippen molar-refractivity contribution in [3.05, 3.63) is 58.6 Å². The molecule has 5 rings (SSSR count). The fourth-order valence-corrected chi connectivity index (χ4v) is 4.96. The van der Waals surface area contributed by atoms with Gasteiger partial charge in [0.2, 0.25) is 0 Å². The van der Waals surface area contributed by atoms with Crippen molar-refractivity contribution in [2.24, 2.45) is 11.8 Å².